The number of nitrogens with zero attached hydrogens (tertiary/aromatic N) is 4. The van der Waals surface area contributed by atoms with Crippen LogP contribution in [0.4, 0.5) is 13.2 Å². The summed E-state index contributed by atoms with van der Waals surface area (Å²) in [6.07, 6.45) is 1.76. The summed E-state index contributed by atoms with van der Waals surface area (Å²) in [5.74, 6) is 0.435. The molecule has 0 spiro atoms. The van der Waals surface area contributed by atoms with Crippen molar-refractivity contribution in [1.29, 1.82) is 0 Å². The molecule has 2 aromatic rings. The van der Waals surface area contributed by atoms with Crippen LogP contribution in [0.2, 0.25) is 25.7 Å². The van der Waals surface area contributed by atoms with E-state index in [1.807, 2.05) is 18.2 Å². The second kappa shape index (κ2) is 10.5. The molecule has 2 aromatic heterocycles. The number of allylic oxidation sites excluding steroid dienone is 1. The van der Waals surface area contributed by atoms with E-state index in [1.54, 1.807) is 23.5 Å². The van der Waals surface area contributed by atoms with E-state index < -0.39 is 25.9 Å². The molecule has 0 N–H and O–H groups in total. The van der Waals surface area contributed by atoms with Gasteiger partial charge in [-0.3, -0.25) is 9.98 Å². The number of rotatable bonds is 9. The lowest BCUT2D eigenvalue weighted by atomic mass is 10.0. The Morgan fingerprint density at radius 3 is 2.69 bits per heavy atom. The highest BCUT2D eigenvalue weighted by Gasteiger charge is 2.41. The first-order chi connectivity index (χ1) is 16.6. The number of alkyl halides is 3. The first-order valence-electron chi connectivity index (χ1n) is 11.7. The summed E-state index contributed by atoms with van der Waals surface area (Å²) in [5.41, 5.74) is 2.16. The quantitative estimate of drug-likeness (QED) is 0.339. The van der Waals surface area contributed by atoms with Crippen LogP contribution in [0.25, 0.3) is 0 Å². The Hall–Kier alpha value is -2.72. The smallest absolute Gasteiger partial charge is 0.414 e. The molecule has 1 atom stereocenters. The zero-order valence-corrected chi connectivity index (χ0v) is 21.3. The van der Waals surface area contributed by atoms with Gasteiger partial charge in [0.25, 0.3) is 0 Å². The van der Waals surface area contributed by atoms with E-state index in [0.717, 1.165) is 22.7 Å². The largest absolute Gasteiger partial charge is 0.472 e. The van der Waals surface area contributed by atoms with Gasteiger partial charge in [-0.05, 0) is 23.7 Å². The minimum atomic E-state index is -4.44. The van der Waals surface area contributed by atoms with E-state index >= 15 is 0 Å². The summed E-state index contributed by atoms with van der Waals surface area (Å²) in [5, 5.41) is 0. The molecule has 0 saturated heterocycles. The Labute approximate surface area is 204 Å². The van der Waals surface area contributed by atoms with E-state index in [-0.39, 0.29) is 31.9 Å². The molecular formula is C25H31F3N4O2Si. The second-order valence-electron chi connectivity index (χ2n) is 10.1. The maximum atomic E-state index is 14.1. The lowest BCUT2D eigenvalue weighted by Gasteiger charge is -2.29. The number of dihydropyridines is 1. The third-order valence-electron chi connectivity index (χ3n) is 6.07. The maximum absolute atomic E-state index is 14.1. The van der Waals surface area contributed by atoms with Crippen LogP contribution in [-0.2, 0) is 24.4 Å². The Bertz CT molecular complexity index is 1080. The van der Waals surface area contributed by atoms with Gasteiger partial charge < -0.3 is 14.4 Å². The third kappa shape index (κ3) is 6.70. The van der Waals surface area contributed by atoms with Gasteiger partial charge in [0.15, 0.2) is 0 Å². The minimum absolute atomic E-state index is 0.116. The standard InChI is InChI=1S/C25H31F3N4O2Si/c1-35(2,3)10-9-33-17-20-11-22(25(26,27)28)23(13-31-20)32-14-19-6-8-30-24(21(19)15-32)34-16-18-5-4-7-29-12-18/h4-8,12-13,20H,9-11,14-17H2,1-3H3. The Balaban J connectivity index is 1.45. The van der Waals surface area contributed by atoms with Gasteiger partial charge in [-0.25, -0.2) is 4.98 Å². The van der Waals surface area contributed by atoms with Gasteiger partial charge in [-0.15, -0.1) is 0 Å². The lowest BCUT2D eigenvalue weighted by molar-refractivity contribution is -0.0970. The highest BCUT2D eigenvalue weighted by atomic mass is 28.3. The first kappa shape index (κ1) is 25.4. The summed E-state index contributed by atoms with van der Waals surface area (Å²) in [7, 11) is -1.26. The van der Waals surface area contributed by atoms with Crippen molar-refractivity contribution in [1.82, 2.24) is 14.9 Å². The van der Waals surface area contributed by atoms with E-state index in [2.05, 4.69) is 34.6 Å². The van der Waals surface area contributed by atoms with Gasteiger partial charge in [0.2, 0.25) is 5.88 Å². The monoisotopic (exact) mass is 504 g/mol. The van der Waals surface area contributed by atoms with Crippen LogP contribution in [0.3, 0.4) is 0 Å². The van der Waals surface area contributed by atoms with Crippen molar-refractivity contribution in [2.24, 2.45) is 4.99 Å². The molecule has 2 aliphatic heterocycles. The van der Waals surface area contributed by atoms with Crippen molar-refractivity contribution >= 4 is 14.3 Å². The van der Waals surface area contributed by atoms with Crippen LogP contribution in [0, 0.1) is 0 Å². The fourth-order valence-corrected chi connectivity index (χ4v) is 4.85. The molecule has 0 amide bonds. The fraction of sp³-hybridized carbons (Fsp3) is 0.480. The average Bonchev–Trinajstić information content (AvgIpc) is 3.25. The highest BCUT2D eigenvalue weighted by Crippen LogP contribution is 2.39. The predicted molar refractivity (Wildman–Crippen MR) is 131 cm³/mol. The minimum Gasteiger partial charge on any atom is -0.472 e. The van der Waals surface area contributed by atoms with E-state index in [0.29, 0.717) is 19.0 Å². The summed E-state index contributed by atoms with van der Waals surface area (Å²) in [6, 6.07) is 5.99. The van der Waals surface area contributed by atoms with Crippen molar-refractivity contribution in [2.75, 3.05) is 13.2 Å². The normalized spacial score (nSPS) is 18.2. The molecule has 2 aliphatic rings. The molecule has 10 heteroatoms. The number of hydrogen-bond donors (Lipinski definition) is 0. The Kier molecular flexibility index (Phi) is 7.61. The van der Waals surface area contributed by atoms with Crippen molar-refractivity contribution in [3.8, 4) is 5.88 Å². The number of halogens is 3. The average molecular weight is 505 g/mol. The maximum Gasteiger partial charge on any atom is 0.414 e. The molecule has 4 rings (SSSR count). The van der Waals surface area contributed by atoms with Crippen LogP contribution in [0.5, 0.6) is 5.88 Å². The van der Waals surface area contributed by atoms with Crippen molar-refractivity contribution in [2.45, 2.75) is 64.0 Å². The number of aliphatic imine (C=N–C) groups is 1. The molecular weight excluding hydrogens is 473 g/mol. The highest BCUT2D eigenvalue weighted by molar-refractivity contribution is 6.76. The second-order valence-corrected chi connectivity index (χ2v) is 15.8. The molecule has 0 saturated carbocycles. The molecule has 4 heterocycles. The molecule has 0 aliphatic carbocycles. The van der Waals surface area contributed by atoms with Gasteiger partial charge in [0, 0.05) is 70.1 Å². The fourth-order valence-electron chi connectivity index (χ4n) is 4.09. The first-order valence-corrected chi connectivity index (χ1v) is 15.5. The van der Waals surface area contributed by atoms with Gasteiger partial charge in [0.05, 0.1) is 23.9 Å². The lowest BCUT2D eigenvalue weighted by Crippen LogP contribution is -2.32. The molecule has 6 nitrogen and oxygen atoms in total. The van der Waals surface area contributed by atoms with E-state index in [9.17, 15) is 13.2 Å². The van der Waals surface area contributed by atoms with Crippen LogP contribution in [0.1, 0.15) is 23.1 Å². The third-order valence-corrected chi connectivity index (χ3v) is 7.77. The number of hydrogen-bond acceptors (Lipinski definition) is 6. The summed E-state index contributed by atoms with van der Waals surface area (Å²) in [4.78, 5) is 14.5. The number of aromatic nitrogens is 2. The van der Waals surface area contributed by atoms with E-state index in [4.69, 9.17) is 9.47 Å². The van der Waals surface area contributed by atoms with Gasteiger partial charge >= 0.3 is 6.18 Å². The molecule has 1 unspecified atom stereocenters. The SMILES string of the molecule is C[Si](C)(C)CCOCC1CC(C(F)(F)F)=C(N2Cc3ccnc(OCc4cccnc4)c3C2)C=N1. The van der Waals surface area contributed by atoms with Gasteiger partial charge in [0.1, 0.15) is 6.61 Å². The topological polar surface area (TPSA) is 59.8 Å². The summed E-state index contributed by atoms with van der Waals surface area (Å²) >= 11 is 0. The molecule has 0 bridgehead atoms. The summed E-state index contributed by atoms with van der Waals surface area (Å²) < 4.78 is 53.8. The van der Waals surface area contributed by atoms with E-state index in [1.165, 1.54) is 6.21 Å². The Morgan fingerprint density at radius 2 is 1.97 bits per heavy atom. The van der Waals surface area contributed by atoms with Crippen molar-refractivity contribution < 1.29 is 22.6 Å². The summed E-state index contributed by atoms with van der Waals surface area (Å²) in [6.45, 7) is 8.40. The van der Waals surface area contributed by atoms with Crippen molar-refractivity contribution in [3.63, 3.8) is 0 Å². The number of ether oxygens (including phenoxy) is 2. The Morgan fingerprint density at radius 1 is 1.14 bits per heavy atom. The molecule has 35 heavy (non-hydrogen) atoms. The van der Waals surface area contributed by atoms with Crippen LogP contribution >= 0.6 is 0 Å². The number of pyridine rings is 2. The molecule has 0 fully saturated rings. The van der Waals surface area contributed by atoms with Crippen molar-refractivity contribution in [3.05, 3.63) is 64.8 Å². The predicted octanol–water partition coefficient (Wildman–Crippen LogP) is 5.39. The van der Waals surface area contributed by atoms with Crippen LogP contribution < -0.4 is 4.74 Å². The molecule has 188 valence electrons. The van der Waals surface area contributed by atoms with Gasteiger partial charge in [-0.1, -0.05) is 25.7 Å². The van der Waals surface area contributed by atoms with Crippen LogP contribution in [0.15, 0.2) is 53.1 Å². The number of fused-ring (bicyclic) bond motifs is 1. The van der Waals surface area contributed by atoms with Gasteiger partial charge in [-0.2, -0.15) is 13.2 Å². The van der Waals surface area contributed by atoms with Crippen LogP contribution in [-0.4, -0.2) is 54.6 Å². The molecule has 0 aromatic carbocycles. The zero-order chi connectivity index (χ0) is 25.1. The molecule has 0 radical (unpaired) electrons. The zero-order valence-electron chi connectivity index (χ0n) is 20.3.